The molecular weight excluding hydrogens is 538 g/mol. The lowest BCUT2D eigenvalue weighted by Crippen LogP contribution is -2.56. The molecular formula is C33H49NO8. The van der Waals surface area contributed by atoms with E-state index < -0.39 is 29.8 Å². The average molecular weight is 588 g/mol. The van der Waals surface area contributed by atoms with Crippen molar-refractivity contribution in [1.29, 1.82) is 0 Å². The van der Waals surface area contributed by atoms with Crippen molar-refractivity contribution < 1.29 is 38.8 Å². The number of ether oxygens (including phenoxy) is 3. The summed E-state index contributed by atoms with van der Waals surface area (Å²) in [4.78, 5) is 38.3. The SMILES string of the molecule is CCC(C)(C)C(=O)O[C@H]1C[C@H](CO)[C@H](OC(=O)NCc2ccccc2)[C@@H]2CC[C@H](C)[C@H](CC[C@@H]3C[C@@H](O)CC(=O)O3)[C@H]21. The Labute approximate surface area is 249 Å². The number of esters is 2. The molecule has 3 fully saturated rings. The Kier molecular flexibility index (Phi) is 10.9. The van der Waals surface area contributed by atoms with Gasteiger partial charge in [-0.1, -0.05) is 50.6 Å². The summed E-state index contributed by atoms with van der Waals surface area (Å²) >= 11 is 0. The number of benzene rings is 1. The molecule has 0 bridgehead atoms. The standard InChI is InChI=1S/C33H49NO8/c1-5-33(3,4)31(38)41-27-15-22(19-35)30(42-32(39)34-18-21-9-7-6-8-10-21)26-13-11-20(2)25(29(26)27)14-12-24-16-23(36)17-28(37)40-24/h6-10,20,22-27,29-30,35-36H,5,11-19H2,1-4H3,(H,34,39)/t20-,22+,23+,24+,25-,26+,27-,29+,30-/m0/s1. The number of cyclic esters (lactones) is 1. The predicted octanol–water partition coefficient (Wildman–Crippen LogP) is 4.77. The second-order valence-corrected chi connectivity index (χ2v) is 13.3. The molecule has 1 amide bonds. The van der Waals surface area contributed by atoms with Crippen LogP contribution in [0.25, 0.3) is 0 Å². The molecule has 1 aromatic carbocycles. The number of hydrogen-bond acceptors (Lipinski definition) is 8. The maximum atomic E-state index is 13.3. The quantitative estimate of drug-likeness (QED) is 0.264. The van der Waals surface area contributed by atoms with Crippen molar-refractivity contribution in [3.8, 4) is 0 Å². The number of carbonyl (C=O) groups is 3. The van der Waals surface area contributed by atoms with Gasteiger partial charge in [0.15, 0.2) is 0 Å². The zero-order valence-corrected chi connectivity index (χ0v) is 25.5. The maximum Gasteiger partial charge on any atom is 0.407 e. The molecule has 0 aromatic heterocycles. The van der Waals surface area contributed by atoms with E-state index >= 15 is 0 Å². The summed E-state index contributed by atoms with van der Waals surface area (Å²) in [5, 5.41) is 23.4. The Morgan fingerprint density at radius 2 is 1.83 bits per heavy atom. The van der Waals surface area contributed by atoms with E-state index in [2.05, 4.69) is 12.2 Å². The van der Waals surface area contributed by atoms with Crippen molar-refractivity contribution in [1.82, 2.24) is 5.32 Å². The highest BCUT2D eigenvalue weighted by molar-refractivity contribution is 5.76. The number of aliphatic hydroxyl groups excluding tert-OH is 2. The van der Waals surface area contributed by atoms with Crippen molar-refractivity contribution in [2.75, 3.05) is 6.61 Å². The first-order valence-corrected chi connectivity index (χ1v) is 15.7. The number of fused-ring (bicyclic) bond motifs is 1. The number of nitrogens with one attached hydrogen (secondary N) is 1. The summed E-state index contributed by atoms with van der Waals surface area (Å²) in [6.45, 7) is 8.09. The van der Waals surface area contributed by atoms with Crippen LogP contribution in [0.1, 0.15) is 84.6 Å². The predicted molar refractivity (Wildman–Crippen MR) is 156 cm³/mol. The molecule has 3 N–H and O–H groups in total. The van der Waals surface area contributed by atoms with Gasteiger partial charge in [0.25, 0.3) is 0 Å². The van der Waals surface area contributed by atoms with Crippen LogP contribution in [0.15, 0.2) is 30.3 Å². The molecule has 1 saturated heterocycles. The Hall–Kier alpha value is -2.65. The van der Waals surface area contributed by atoms with Crippen molar-refractivity contribution >= 4 is 18.0 Å². The van der Waals surface area contributed by atoms with Gasteiger partial charge in [0, 0.05) is 37.3 Å². The molecule has 9 atom stereocenters. The topological polar surface area (TPSA) is 131 Å². The third kappa shape index (κ3) is 7.84. The van der Waals surface area contributed by atoms with Crippen LogP contribution in [0.4, 0.5) is 4.79 Å². The molecule has 1 aliphatic heterocycles. The first-order chi connectivity index (χ1) is 20.0. The number of carbonyl (C=O) groups excluding carboxylic acids is 3. The Morgan fingerprint density at radius 3 is 2.50 bits per heavy atom. The summed E-state index contributed by atoms with van der Waals surface area (Å²) in [7, 11) is 0. The van der Waals surface area contributed by atoms with Gasteiger partial charge < -0.3 is 29.7 Å². The average Bonchev–Trinajstić information content (AvgIpc) is 2.96. The number of rotatable bonds is 10. The zero-order valence-electron chi connectivity index (χ0n) is 25.5. The maximum absolute atomic E-state index is 13.3. The van der Waals surface area contributed by atoms with Crippen molar-refractivity contribution in [3.05, 3.63) is 35.9 Å². The first-order valence-electron chi connectivity index (χ1n) is 15.7. The number of aliphatic hydroxyl groups is 2. The van der Waals surface area contributed by atoms with E-state index in [1.165, 1.54) is 0 Å². The van der Waals surface area contributed by atoms with Crippen LogP contribution in [-0.2, 0) is 30.3 Å². The summed E-state index contributed by atoms with van der Waals surface area (Å²) in [6, 6.07) is 9.60. The third-order valence-corrected chi connectivity index (χ3v) is 10.0. The van der Waals surface area contributed by atoms with Crippen LogP contribution >= 0.6 is 0 Å². The molecule has 4 rings (SSSR count). The van der Waals surface area contributed by atoms with E-state index in [1.54, 1.807) is 0 Å². The molecule has 2 saturated carbocycles. The van der Waals surface area contributed by atoms with Crippen LogP contribution in [0.3, 0.4) is 0 Å². The molecule has 234 valence electrons. The van der Waals surface area contributed by atoms with Gasteiger partial charge in [0.2, 0.25) is 0 Å². The van der Waals surface area contributed by atoms with Crippen molar-refractivity contribution in [2.24, 2.45) is 35.0 Å². The largest absolute Gasteiger partial charge is 0.462 e. The van der Waals surface area contributed by atoms with Gasteiger partial charge in [-0.15, -0.1) is 0 Å². The summed E-state index contributed by atoms with van der Waals surface area (Å²) in [5.74, 6) is -0.728. The van der Waals surface area contributed by atoms with Crippen molar-refractivity contribution in [3.63, 3.8) is 0 Å². The lowest BCUT2D eigenvalue weighted by Gasteiger charge is -2.53. The lowest BCUT2D eigenvalue weighted by molar-refractivity contribution is -0.186. The minimum absolute atomic E-state index is 0.0280. The van der Waals surface area contributed by atoms with E-state index in [9.17, 15) is 24.6 Å². The van der Waals surface area contributed by atoms with Gasteiger partial charge in [0.1, 0.15) is 18.3 Å². The fraction of sp³-hybridized carbons (Fsp3) is 0.727. The van der Waals surface area contributed by atoms with E-state index in [1.807, 2.05) is 51.1 Å². The van der Waals surface area contributed by atoms with E-state index in [0.29, 0.717) is 38.1 Å². The molecule has 3 aliphatic rings. The molecule has 42 heavy (non-hydrogen) atoms. The minimum atomic E-state index is -0.690. The van der Waals surface area contributed by atoms with Gasteiger partial charge in [-0.2, -0.15) is 0 Å². The molecule has 1 aromatic rings. The second kappa shape index (κ2) is 14.2. The fourth-order valence-corrected chi connectivity index (χ4v) is 7.19. The smallest absolute Gasteiger partial charge is 0.407 e. The minimum Gasteiger partial charge on any atom is -0.462 e. The fourth-order valence-electron chi connectivity index (χ4n) is 7.19. The summed E-state index contributed by atoms with van der Waals surface area (Å²) < 4.78 is 17.9. The summed E-state index contributed by atoms with van der Waals surface area (Å²) in [6.07, 6.45) is 2.01. The van der Waals surface area contributed by atoms with Gasteiger partial charge >= 0.3 is 18.0 Å². The van der Waals surface area contributed by atoms with Crippen LogP contribution in [0.5, 0.6) is 0 Å². The van der Waals surface area contributed by atoms with Crippen LogP contribution in [0.2, 0.25) is 0 Å². The Balaban J connectivity index is 1.55. The molecule has 9 heteroatoms. The van der Waals surface area contributed by atoms with Gasteiger partial charge in [-0.25, -0.2) is 4.79 Å². The Bertz CT molecular complexity index is 1060. The summed E-state index contributed by atoms with van der Waals surface area (Å²) in [5.41, 5.74) is 0.317. The van der Waals surface area contributed by atoms with Crippen LogP contribution in [-0.4, -0.2) is 59.3 Å². The normalized spacial score (nSPS) is 33.2. The number of hydrogen-bond donors (Lipinski definition) is 3. The number of alkyl carbamates (subject to hydrolysis) is 1. The van der Waals surface area contributed by atoms with E-state index in [-0.39, 0.29) is 54.7 Å². The highest BCUT2D eigenvalue weighted by Gasteiger charge is 2.54. The second-order valence-electron chi connectivity index (χ2n) is 13.3. The molecule has 0 radical (unpaired) electrons. The van der Waals surface area contributed by atoms with E-state index in [4.69, 9.17) is 14.2 Å². The Morgan fingerprint density at radius 1 is 1.10 bits per heavy atom. The molecule has 2 aliphatic carbocycles. The van der Waals surface area contributed by atoms with Gasteiger partial charge in [0.05, 0.1) is 17.9 Å². The highest BCUT2D eigenvalue weighted by Crippen LogP contribution is 2.52. The molecule has 0 unspecified atom stereocenters. The molecule has 1 heterocycles. The first kappa shape index (κ1) is 32.3. The molecule has 0 spiro atoms. The monoisotopic (exact) mass is 587 g/mol. The van der Waals surface area contributed by atoms with Gasteiger partial charge in [-0.05, 0) is 63.4 Å². The highest BCUT2D eigenvalue weighted by atomic mass is 16.6. The third-order valence-electron chi connectivity index (χ3n) is 10.0. The van der Waals surface area contributed by atoms with Crippen molar-refractivity contribution in [2.45, 2.75) is 110 Å². The molecule has 9 nitrogen and oxygen atoms in total. The lowest BCUT2D eigenvalue weighted by atomic mass is 9.56. The number of amides is 1. The van der Waals surface area contributed by atoms with Gasteiger partial charge in [-0.3, -0.25) is 9.59 Å². The van der Waals surface area contributed by atoms with E-state index in [0.717, 1.165) is 24.8 Å². The van der Waals surface area contributed by atoms with Crippen LogP contribution in [0, 0.1) is 35.0 Å². The zero-order chi connectivity index (χ0) is 30.4. The van der Waals surface area contributed by atoms with Crippen LogP contribution < -0.4 is 5.32 Å².